The quantitative estimate of drug-likeness (QED) is 0.827. The molecule has 102 valence electrons. The maximum Gasteiger partial charge on any atom is 0.328 e. The van der Waals surface area contributed by atoms with Crippen LogP contribution >= 0.6 is 0 Å². The lowest BCUT2D eigenvalue weighted by Crippen LogP contribution is -2.18. The Labute approximate surface area is 113 Å². The molecule has 0 saturated carbocycles. The number of carboxylic acid groups (broad SMARTS) is 1. The van der Waals surface area contributed by atoms with Gasteiger partial charge in [-0.15, -0.1) is 0 Å². The number of methoxy groups -OCH3 is 1. The molecule has 0 atom stereocenters. The van der Waals surface area contributed by atoms with Crippen molar-refractivity contribution in [1.82, 2.24) is 4.90 Å². The largest absolute Gasteiger partial charge is 0.496 e. The van der Waals surface area contributed by atoms with Crippen LogP contribution in [0.2, 0.25) is 0 Å². The van der Waals surface area contributed by atoms with Gasteiger partial charge in [0.1, 0.15) is 5.75 Å². The number of likely N-dealkylation sites (tertiary alicyclic amines) is 1. The third-order valence-electron chi connectivity index (χ3n) is 3.30. The highest BCUT2D eigenvalue weighted by Crippen LogP contribution is 2.23. The van der Waals surface area contributed by atoms with E-state index in [1.54, 1.807) is 13.2 Å². The van der Waals surface area contributed by atoms with E-state index in [9.17, 15) is 4.79 Å². The van der Waals surface area contributed by atoms with E-state index in [1.165, 1.54) is 18.4 Å². The summed E-state index contributed by atoms with van der Waals surface area (Å²) in [4.78, 5) is 13.0. The summed E-state index contributed by atoms with van der Waals surface area (Å²) in [5.74, 6) is -0.255. The molecule has 0 radical (unpaired) electrons. The number of carboxylic acids is 1. The van der Waals surface area contributed by atoms with Crippen molar-refractivity contribution in [3.63, 3.8) is 0 Å². The van der Waals surface area contributed by atoms with E-state index in [2.05, 4.69) is 4.90 Å². The van der Waals surface area contributed by atoms with Crippen LogP contribution in [0, 0.1) is 0 Å². The van der Waals surface area contributed by atoms with Gasteiger partial charge in [-0.25, -0.2) is 4.79 Å². The van der Waals surface area contributed by atoms with Crippen LogP contribution in [0.25, 0.3) is 6.08 Å². The van der Waals surface area contributed by atoms with Gasteiger partial charge in [-0.3, -0.25) is 4.90 Å². The number of nitrogens with zero attached hydrogens (tertiary/aromatic N) is 1. The van der Waals surface area contributed by atoms with E-state index < -0.39 is 5.97 Å². The third-order valence-corrected chi connectivity index (χ3v) is 3.30. The lowest BCUT2D eigenvalue weighted by molar-refractivity contribution is -0.131. The first-order chi connectivity index (χ1) is 9.19. The molecule has 4 heteroatoms. The molecule has 0 spiro atoms. The highest BCUT2D eigenvalue weighted by atomic mass is 16.5. The Balaban J connectivity index is 2.16. The van der Waals surface area contributed by atoms with E-state index in [1.807, 2.05) is 18.2 Å². The van der Waals surface area contributed by atoms with Gasteiger partial charge in [0.25, 0.3) is 0 Å². The van der Waals surface area contributed by atoms with Crippen LogP contribution in [-0.4, -0.2) is 36.2 Å². The second-order valence-electron chi connectivity index (χ2n) is 4.73. The van der Waals surface area contributed by atoms with E-state index in [0.29, 0.717) is 5.75 Å². The zero-order chi connectivity index (χ0) is 13.7. The number of carbonyl (C=O) groups is 1. The molecule has 1 aromatic rings. The number of aliphatic carboxylic acids is 1. The van der Waals surface area contributed by atoms with Gasteiger partial charge in [-0.05, 0) is 49.7 Å². The molecule has 1 aliphatic heterocycles. The first-order valence-electron chi connectivity index (χ1n) is 6.49. The second kappa shape index (κ2) is 6.38. The maximum atomic E-state index is 10.6. The Bertz CT molecular complexity index is 476. The minimum atomic E-state index is -0.952. The summed E-state index contributed by atoms with van der Waals surface area (Å²) in [6.45, 7) is 3.20. The van der Waals surface area contributed by atoms with E-state index >= 15 is 0 Å². The number of ether oxygens (including phenoxy) is 1. The van der Waals surface area contributed by atoms with Crippen LogP contribution in [0.3, 0.4) is 0 Å². The van der Waals surface area contributed by atoms with Gasteiger partial charge in [-0.1, -0.05) is 6.07 Å². The fraction of sp³-hybridized carbons (Fsp3) is 0.400. The zero-order valence-electron chi connectivity index (χ0n) is 11.1. The Morgan fingerprint density at radius 2 is 2.16 bits per heavy atom. The summed E-state index contributed by atoms with van der Waals surface area (Å²) in [5.41, 5.74) is 1.99. The van der Waals surface area contributed by atoms with Crippen molar-refractivity contribution >= 4 is 12.0 Å². The van der Waals surface area contributed by atoms with Gasteiger partial charge in [0.2, 0.25) is 0 Å². The number of rotatable bonds is 5. The molecule has 19 heavy (non-hydrogen) atoms. The Morgan fingerprint density at radius 1 is 1.42 bits per heavy atom. The van der Waals surface area contributed by atoms with Crippen molar-refractivity contribution in [2.75, 3.05) is 20.2 Å². The monoisotopic (exact) mass is 261 g/mol. The maximum absolute atomic E-state index is 10.6. The van der Waals surface area contributed by atoms with Gasteiger partial charge in [0.05, 0.1) is 7.11 Å². The van der Waals surface area contributed by atoms with Crippen molar-refractivity contribution in [1.29, 1.82) is 0 Å². The van der Waals surface area contributed by atoms with Gasteiger partial charge in [0.15, 0.2) is 0 Å². The zero-order valence-corrected chi connectivity index (χ0v) is 11.1. The lowest BCUT2D eigenvalue weighted by Gasteiger charge is -2.15. The summed E-state index contributed by atoms with van der Waals surface area (Å²) in [7, 11) is 1.59. The summed E-state index contributed by atoms with van der Waals surface area (Å²) in [6.07, 6.45) is 5.25. The molecular formula is C15H19NO3. The minimum absolute atomic E-state index is 0.697. The van der Waals surface area contributed by atoms with Crippen LogP contribution in [0.1, 0.15) is 24.0 Å². The smallest absolute Gasteiger partial charge is 0.328 e. The summed E-state index contributed by atoms with van der Waals surface area (Å²) in [6, 6.07) is 5.93. The fourth-order valence-corrected chi connectivity index (χ4v) is 2.37. The third kappa shape index (κ3) is 3.83. The standard InChI is InChI=1S/C15H19NO3/c1-19-14-6-4-12(11-16-8-2-3-9-16)10-13(14)5-7-15(17)18/h4-7,10H,2-3,8-9,11H2,1H3,(H,17,18)/b7-5+. The molecule has 1 heterocycles. The molecule has 0 bridgehead atoms. The summed E-state index contributed by atoms with van der Waals surface area (Å²) >= 11 is 0. The average molecular weight is 261 g/mol. The Kier molecular flexibility index (Phi) is 4.58. The van der Waals surface area contributed by atoms with Crippen molar-refractivity contribution in [3.8, 4) is 5.75 Å². The van der Waals surface area contributed by atoms with Crippen molar-refractivity contribution in [2.45, 2.75) is 19.4 Å². The molecule has 4 nitrogen and oxygen atoms in total. The number of hydrogen-bond donors (Lipinski definition) is 1. The minimum Gasteiger partial charge on any atom is -0.496 e. The van der Waals surface area contributed by atoms with Crippen molar-refractivity contribution in [2.24, 2.45) is 0 Å². The molecule has 0 unspecified atom stereocenters. The molecule has 1 fully saturated rings. The van der Waals surface area contributed by atoms with E-state index in [-0.39, 0.29) is 0 Å². The van der Waals surface area contributed by atoms with Crippen LogP contribution in [0.15, 0.2) is 24.3 Å². The van der Waals surface area contributed by atoms with Crippen molar-refractivity contribution in [3.05, 3.63) is 35.4 Å². The van der Waals surface area contributed by atoms with E-state index in [0.717, 1.165) is 31.3 Å². The molecule has 2 rings (SSSR count). The molecule has 0 aromatic heterocycles. The highest BCUT2D eigenvalue weighted by molar-refractivity contribution is 5.85. The molecule has 0 aliphatic carbocycles. The van der Waals surface area contributed by atoms with Gasteiger partial charge < -0.3 is 9.84 Å². The second-order valence-corrected chi connectivity index (χ2v) is 4.73. The molecule has 1 aliphatic rings. The topological polar surface area (TPSA) is 49.8 Å². The average Bonchev–Trinajstić information content (AvgIpc) is 2.89. The summed E-state index contributed by atoms with van der Waals surface area (Å²) in [5, 5.41) is 8.70. The predicted molar refractivity (Wildman–Crippen MR) is 74.2 cm³/mol. The van der Waals surface area contributed by atoms with Gasteiger partial charge in [0, 0.05) is 18.2 Å². The van der Waals surface area contributed by atoms with Crippen molar-refractivity contribution < 1.29 is 14.6 Å². The summed E-state index contributed by atoms with van der Waals surface area (Å²) < 4.78 is 5.24. The van der Waals surface area contributed by atoms with Gasteiger partial charge >= 0.3 is 5.97 Å². The normalized spacial score (nSPS) is 16.1. The van der Waals surface area contributed by atoms with Gasteiger partial charge in [-0.2, -0.15) is 0 Å². The molecule has 1 N–H and O–H groups in total. The van der Waals surface area contributed by atoms with Crippen LogP contribution in [0.4, 0.5) is 0 Å². The number of hydrogen-bond acceptors (Lipinski definition) is 3. The Hall–Kier alpha value is -1.81. The molecule has 0 amide bonds. The Morgan fingerprint density at radius 3 is 2.79 bits per heavy atom. The van der Waals surface area contributed by atoms with Crippen LogP contribution in [-0.2, 0) is 11.3 Å². The van der Waals surface area contributed by atoms with E-state index in [4.69, 9.17) is 9.84 Å². The van der Waals surface area contributed by atoms with Crippen LogP contribution < -0.4 is 4.74 Å². The van der Waals surface area contributed by atoms with Crippen LogP contribution in [0.5, 0.6) is 5.75 Å². The molecular weight excluding hydrogens is 242 g/mol. The predicted octanol–water partition coefficient (Wildman–Crippen LogP) is 2.39. The molecule has 1 aromatic carbocycles. The fourth-order valence-electron chi connectivity index (χ4n) is 2.37. The lowest BCUT2D eigenvalue weighted by atomic mass is 10.1. The first-order valence-corrected chi connectivity index (χ1v) is 6.49. The number of benzene rings is 1. The highest BCUT2D eigenvalue weighted by Gasteiger charge is 2.12. The SMILES string of the molecule is COc1ccc(CN2CCCC2)cc1/C=C/C(=O)O. The molecule has 1 saturated heterocycles. The first kappa shape index (κ1) is 13.6.